The average Bonchev–Trinajstić information content (AvgIpc) is 2.42. The van der Waals surface area contributed by atoms with Crippen molar-refractivity contribution >= 4 is 17.7 Å². The Balaban J connectivity index is 2.15. The van der Waals surface area contributed by atoms with E-state index in [1.165, 1.54) is 10.5 Å². The molecule has 1 aliphatic heterocycles. The Bertz CT molecular complexity index is 516. The lowest BCUT2D eigenvalue weighted by Crippen LogP contribution is -2.46. The van der Waals surface area contributed by atoms with Gasteiger partial charge in [0.15, 0.2) is 0 Å². The molecule has 0 fully saturated rings. The summed E-state index contributed by atoms with van der Waals surface area (Å²) in [7, 11) is 1.65. The predicted octanol–water partition coefficient (Wildman–Crippen LogP) is 2.21. The lowest BCUT2D eigenvalue weighted by atomic mass is 9.94. The zero-order valence-corrected chi connectivity index (χ0v) is 11.9. The summed E-state index contributed by atoms with van der Waals surface area (Å²) < 4.78 is 0. The molecule has 1 N–H and O–H groups in total. The Hall–Kier alpha value is -2.04. The third kappa shape index (κ3) is 3.10. The minimum absolute atomic E-state index is 0.0344. The van der Waals surface area contributed by atoms with Gasteiger partial charge in [0.25, 0.3) is 0 Å². The number of carboxylic acid groups (broad SMARTS) is 1. The molecule has 0 saturated heterocycles. The second kappa shape index (κ2) is 5.94. The molecule has 1 heterocycles. The summed E-state index contributed by atoms with van der Waals surface area (Å²) in [5.74, 6) is -0.487. The third-order valence-corrected chi connectivity index (χ3v) is 3.56. The fraction of sp³-hybridized carbons (Fsp3) is 0.467. The number of para-hydroxylation sites is 1. The fourth-order valence-corrected chi connectivity index (χ4v) is 2.54. The van der Waals surface area contributed by atoms with Crippen LogP contribution in [0, 0.1) is 5.92 Å². The molecule has 0 aromatic heterocycles. The first-order chi connectivity index (χ1) is 9.49. The van der Waals surface area contributed by atoms with Crippen molar-refractivity contribution in [1.29, 1.82) is 0 Å². The number of carbonyl (C=O) groups excluding carboxylic acids is 1. The molecule has 5 nitrogen and oxygen atoms in total. The van der Waals surface area contributed by atoms with Crippen molar-refractivity contribution in [2.24, 2.45) is 5.92 Å². The van der Waals surface area contributed by atoms with E-state index in [9.17, 15) is 9.59 Å². The van der Waals surface area contributed by atoms with Gasteiger partial charge >= 0.3 is 12.0 Å². The second-order valence-electron chi connectivity index (χ2n) is 5.40. The first-order valence-corrected chi connectivity index (χ1v) is 6.81. The van der Waals surface area contributed by atoms with Crippen LogP contribution in [0.25, 0.3) is 0 Å². The number of carboxylic acids is 1. The summed E-state index contributed by atoms with van der Waals surface area (Å²) in [5, 5.41) is 8.70. The number of fused-ring (bicyclic) bond motifs is 1. The van der Waals surface area contributed by atoms with Crippen molar-refractivity contribution in [2.45, 2.75) is 19.8 Å². The van der Waals surface area contributed by atoms with Crippen molar-refractivity contribution in [3.05, 3.63) is 29.8 Å². The number of amides is 2. The fourth-order valence-electron chi connectivity index (χ4n) is 2.54. The van der Waals surface area contributed by atoms with E-state index in [1.807, 2.05) is 24.3 Å². The summed E-state index contributed by atoms with van der Waals surface area (Å²) in [4.78, 5) is 26.3. The van der Waals surface area contributed by atoms with Crippen molar-refractivity contribution in [3.8, 4) is 0 Å². The van der Waals surface area contributed by atoms with Gasteiger partial charge in [-0.05, 0) is 24.0 Å². The van der Waals surface area contributed by atoms with Gasteiger partial charge in [-0.15, -0.1) is 0 Å². The van der Waals surface area contributed by atoms with Gasteiger partial charge in [0.2, 0.25) is 0 Å². The highest BCUT2D eigenvalue weighted by atomic mass is 16.4. The normalized spacial score (nSPS) is 17.5. The van der Waals surface area contributed by atoms with Crippen molar-refractivity contribution in [2.75, 3.05) is 25.0 Å². The Morgan fingerprint density at radius 3 is 2.80 bits per heavy atom. The maximum Gasteiger partial charge on any atom is 0.324 e. The lowest BCUT2D eigenvalue weighted by molar-refractivity contribution is -0.137. The SMILES string of the molecule is CC1Cc2ccccc2N(C(=O)N(C)CCC(=O)O)C1. The van der Waals surface area contributed by atoms with Gasteiger partial charge in [-0.2, -0.15) is 0 Å². The largest absolute Gasteiger partial charge is 0.481 e. The summed E-state index contributed by atoms with van der Waals surface area (Å²) in [6.07, 6.45) is 0.937. The molecular formula is C15H20N2O3. The minimum atomic E-state index is -0.892. The van der Waals surface area contributed by atoms with Gasteiger partial charge in [-0.25, -0.2) is 4.79 Å². The van der Waals surface area contributed by atoms with Crippen LogP contribution in [0.4, 0.5) is 10.5 Å². The van der Waals surface area contributed by atoms with Crippen LogP contribution in [0.15, 0.2) is 24.3 Å². The van der Waals surface area contributed by atoms with E-state index in [0.29, 0.717) is 12.5 Å². The monoisotopic (exact) mass is 276 g/mol. The van der Waals surface area contributed by atoms with Gasteiger partial charge in [0, 0.05) is 25.8 Å². The molecule has 1 atom stereocenters. The molecule has 0 radical (unpaired) electrons. The molecule has 1 aliphatic rings. The number of hydrogen-bond acceptors (Lipinski definition) is 2. The van der Waals surface area contributed by atoms with Crippen LogP contribution in [-0.2, 0) is 11.2 Å². The molecule has 0 saturated carbocycles. The molecule has 108 valence electrons. The van der Waals surface area contributed by atoms with Crippen LogP contribution in [0.2, 0.25) is 0 Å². The number of aliphatic carboxylic acids is 1. The van der Waals surface area contributed by atoms with Crippen molar-refractivity contribution in [1.82, 2.24) is 4.90 Å². The second-order valence-corrected chi connectivity index (χ2v) is 5.40. The third-order valence-electron chi connectivity index (χ3n) is 3.56. The van der Waals surface area contributed by atoms with Crippen LogP contribution in [-0.4, -0.2) is 42.1 Å². The smallest absolute Gasteiger partial charge is 0.324 e. The highest BCUT2D eigenvalue weighted by molar-refractivity contribution is 5.93. The number of hydrogen-bond donors (Lipinski definition) is 1. The molecular weight excluding hydrogens is 256 g/mol. The van der Waals surface area contributed by atoms with Crippen molar-refractivity contribution < 1.29 is 14.7 Å². The first kappa shape index (κ1) is 14.4. The summed E-state index contributed by atoms with van der Waals surface area (Å²) in [6.45, 7) is 3.02. The van der Waals surface area contributed by atoms with E-state index in [2.05, 4.69) is 6.92 Å². The van der Waals surface area contributed by atoms with Crippen LogP contribution in [0.3, 0.4) is 0 Å². The number of urea groups is 1. The number of anilines is 1. The maximum absolute atomic E-state index is 12.5. The maximum atomic E-state index is 12.5. The molecule has 0 aliphatic carbocycles. The van der Waals surface area contributed by atoms with E-state index < -0.39 is 5.97 Å². The summed E-state index contributed by atoms with van der Waals surface area (Å²) in [6, 6.07) is 7.76. The predicted molar refractivity (Wildman–Crippen MR) is 76.9 cm³/mol. The summed E-state index contributed by atoms with van der Waals surface area (Å²) in [5.41, 5.74) is 2.11. The molecule has 1 aromatic carbocycles. The van der Waals surface area contributed by atoms with E-state index in [4.69, 9.17) is 5.11 Å². The van der Waals surface area contributed by atoms with Gasteiger partial charge in [-0.1, -0.05) is 25.1 Å². The van der Waals surface area contributed by atoms with Gasteiger partial charge < -0.3 is 10.0 Å². The Morgan fingerprint density at radius 2 is 2.10 bits per heavy atom. The summed E-state index contributed by atoms with van der Waals surface area (Å²) >= 11 is 0. The number of carbonyl (C=O) groups is 2. The van der Waals surface area contributed by atoms with E-state index >= 15 is 0 Å². The zero-order valence-electron chi connectivity index (χ0n) is 11.9. The highest BCUT2D eigenvalue weighted by Gasteiger charge is 2.28. The lowest BCUT2D eigenvalue weighted by Gasteiger charge is -2.35. The molecule has 0 spiro atoms. The molecule has 1 aromatic rings. The molecule has 2 rings (SSSR count). The first-order valence-electron chi connectivity index (χ1n) is 6.81. The zero-order chi connectivity index (χ0) is 14.7. The van der Waals surface area contributed by atoms with Gasteiger partial charge in [-0.3, -0.25) is 9.69 Å². The average molecular weight is 276 g/mol. The van der Waals surface area contributed by atoms with E-state index in [1.54, 1.807) is 11.9 Å². The van der Waals surface area contributed by atoms with E-state index in [0.717, 1.165) is 12.1 Å². The molecule has 1 unspecified atom stereocenters. The Morgan fingerprint density at radius 1 is 1.40 bits per heavy atom. The topological polar surface area (TPSA) is 60.9 Å². The van der Waals surface area contributed by atoms with Crippen LogP contribution in [0.1, 0.15) is 18.9 Å². The Labute approximate surface area is 118 Å². The molecule has 2 amide bonds. The molecule has 20 heavy (non-hydrogen) atoms. The quantitative estimate of drug-likeness (QED) is 0.920. The van der Waals surface area contributed by atoms with Crippen LogP contribution >= 0.6 is 0 Å². The molecule has 0 bridgehead atoms. The molecule has 5 heteroatoms. The highest BCUT2D eigenvalue weighted by Crippen LogP contribution is 2.30. The van der Waals surface area contributed by atoms with Gasteiger partial charge in [0.05, 0.1) is 6.42 Å². The van der Waals surface area contributed by atoms with Gasteiger partial charge in [0.1, 0.15) is 0 Å². The number of benzene rings is 1. The number of rotatable bonds is 3. The number of nitrogens with zero attached hydrogens (tertiary/aromatic N) is 2. The Kier molecular flexibility index (Phi) is 4.27. The van der Waals surface area contributed by atoms with Crippen LogP contribution in [0.5, 0.6) is 0 Å². The van der Waals surface area contributed by atoms with E-state index in [-0.39, 0.29) is 19.0 Å². The standard InChI is InChI=1S/C15H20N2O3/c1-11-9-12-5-3-4-6-13(12)17(10-11)15(20)16(2)8-7-14(18)19/h3-6,11H,7-10H2,1-2H3,(H,18,19). The van der Waals surface area contributed by atoms with Crippen molar-refractivity contribution in [3.63, 3.8) is 0 Å². The van der Waals surface area contributed by atoms with Crippen LogP contribution < -0.4 is 4.90 Å². The minimum Gasteiger partial charge on any atom is -0.481 e.